The Morgan fingerprint density at radius 3 is 2.92 bits per heavy atom. The maximum Gasteiger partial charge on any atom is 0.251 e. The fraction of sp³-hybridized carbons (Fsp3) is 0.222. The molecule has 0 aliphatic heterocycles. The molecular weight excluding hydrogens is 370 g/mol. The van der Waals surface area contributed by atoms with Gasteiger partial charge in [-0.2, -0.15) is 0 Å². The van der Waals surface area contributed by atoms with E-state index in [0.717, 1.165) is 28.5 Å². The van der Waals surface area contributed by atoms with Crippen molar-refractivity contribution in [2.24, 2.45) is 0 Å². The minimum Gasteiger partial charge on any atom is -0.496 e. The van der Waals surface area contributed by atoms with Gasteiger partial charge in [0, 0.05) is 18.7 Å². The van der Waals surface area contributed by atoms with Gasteiger partial charge in [-0.25, -0.2) is 4.98 Å². The summed E-state index contributed by atoms with van der Waals surface area (Å²) in [6, 6.07) is 13.3. The minimum absolute atomic E-state index is 0.0890. The number of fused-ring (bicyclic) bond motifs is 1. The van der Waals surface area contributed by atoms with Crippen molar-refractivity contribution in [3.8, 4) is 5.75 Å². The molecule has 0 aliphatic rings. The number of nitrogens with zero attached hydrogens (tertiary/aromatic N) is 2. The number of hydrogen-bond acceptors (Lipinski definition) is 3. The third-order valence-corrected chi connectivity index (χ3v) is 4.42. The van der Waals surface area contributed by atoms with Crippen LogP contribution in [-0.4, -0.2) is 29.1 Å². The SMILES string of the molecule is COc1ccc(C(=O)NCCCn2cnc3ccccc32)cc1Br. The number of imidazole rings is 1. The predicted octanol–water partition coefficient (Wildman–Crippen LogP) is 3.63. The summed E-state index contributed by atoms with van der Waals surface area (Å²) in [6.45, 7) is 1.42. The van der Waals surface area contributed by atoms with Crippen LogP contribution >= 0.6 is 15.9 Å². The standard InChI is InChI=1S/C18H18BrN3O2/c1-24-17-8-7-13(11-14(17)19)18(23)20-9-4-10-22-12-21-15-5-2-3-6-16(15)22/h2-3,5-8,11-12H,4,9-10H2,1H3,(H,20,23). The van der Waals surface area contributed by atoms with E-state index in [-0.39, 0.29) is 5.91 Å². The molecule has 0 unspecified atom stereocenters. The number of carbonyl (C=O) groups is 1. The fourth-order valence-electron chi connectivity index (χ4n) is 2.55. The number of hydrogen-bond donors (Lipinski definition) is 1. The summed E-state index contributed by atoms with van der Waals surface area (Å²) in [6.07, 6.45) is 2.68. The highest BCUT2D eigenvalue weighted by Crippen LogP contribution is 2.25. The van der Waals surface area contributed by atoms with Crippen LogP contribution in [-0.2, 0) is 6.54 Å². The van der Waals surface area contributed by atoms with Gasteiger partial charge in [0.05, 0.1) is 28.9 Å². The Morgan fingerprint density at radius 2 is 2.12 bits per heavy atom. The average molecular weight is 388 g/mol. The summed E-state index contributed by atoms with van der Waals surface area (Å²) in [4.78, 5) is 16.5. The first kappa shape index (κ1) is 16.5. The molecule has 0 fully saturated rings. The van der Waals surface area contributed by atoms with Crippen LogP contribution in [0, 0.1) is 0 Å². The number of amides is 1. The predicted molar refractivity (Wildman–Crippen MR) is 97.4 cm³/mol. The Balaban J connectivity index is 1.53. The van der Waals surface area contributed by atoms with Gasteiger partial charge in [0.25, 0.3) is 5.91 Å². The van der Waals surface area contributed by atoms with Crippen LogP contribution in [0.3, 0.4) is 0 Å². The first-order valence-electron chi connectivity index (χ1n) is 7.70. The number of carbonyl (C=O) groups excluding carboxylic acids is 1. The largest absolute Gasteiger partial charge is 0.496 e. The molecule has 1 amide bonds. The van der Waals surface area contributed by atoms with Crippen molar-refractivity contribution >= 4 is 32.9 Å². The molecule has 1 N–H and O–H groups in total. The van der Waals surface area contributed by atoms with Gasteiger partial charge in [-0.3, -0.25) is 4.79 Å². The number of aromatic nitrogens is 2. The van der Waals surface area contributed by atoms with Gasteiger partial charge in [0.15, 0.2) is 0 Å². The molecule has 24 heavy (non-hydrogen) atoms. The maximum atomic E-state index is 12.2. The Morgan fingerprint density at radius 1 is 1.29 bits per heavy atom. The zero-order valence-electron chi connectivity index (χ0n) is 13.3. The monoisotopic (exact) mass is 387 g/mol. The lowest BCUT2D eigenvalue weighted by Crippen LogP contribution is -2.25. The highest BCUT2D eigenvalue weighted by molar-refractivity contribution is 9.10. The summed E-state index contributed by atoms with van der Waals surface area (Å²) in [5.41, 5.74) is 2.71. The molecule has 2 aromatic carbocycles. The summed E-state index contributed by atoms with van der Waals surface area (Å²) < 4.78 is 8.04. The summed E-state index contributed by atoms with van der Waals surface area (Å²) >= 11 is 3.39. The number of methoxy groups -OCH3 is 1. The van der Waals surface area contributed by atoms with Gasteiger partial charge >= 0.3 is 0 Å². The average Bonchev–Trinajstić information content (AvgIpc) is 3.01. The van der Waals surface area contributed by atoms with E-state index in [4.69, 9.17) is 4.74 Å². The van der Waals surface area contributed by atoms with E-state index in [1.165, 1.54) is 0 Å². The Hall–Kier alpha value is -2.34. The Bertz CT molecular complexity index is 860. The number of nitrogens with one attached hydrogen (secondary N) is 1. The molecule has 0 saturated carbocycles. The van der Waals surface area contributed by atoms with Crippen molar-refractivity contribution < 1.29 is 9.53 Å². The molecule has 1 heterocycles. The molecule has 0 bridgehead atoms. The van der Waals surface area contributed by atoms with Crippen LogP contribution < -0.4 is 10.1 Å². The molecule has 0 atom stereocenters. The molecule has 0 aliphatic carbocycles. The second-order valence-electron chi connectivity index (χ2n) is 5.39. The van der Waals surface area contributed by atoms with Crippen LogP contribution in [0.1, 0.15) is 16.8 Å². The van der Waals surface area contributed by atoms with E-state index >= 15 is 0 Å². The van der Waals surface area contributed by atoms with Gasteiger partial charge in [-0.05, 0) is 52.7 Å². The van der Waals surface area contributed by atoms with Crippen LogP contribution in [0.5, 0.6) is 5.75 Å². The lowest BCUT2D eigenvalue weighted by molar-refractivity contribution is 0.0952. The van der Waals surface area contributed by atoms with E-state index in [0.29, 0.717) is 17.9 Å². The zero-order valence-corrected chi connectivity index (χ0v) is 14.9. The molecule has 6 heteroatoms. The normalized spacial score (nSPS) is 10.8. The first-order chi connectivity index (χ1) is 11.7. The lowest BCUT2D eigenvalue weighted by atomic mass is 10.2. The number of ether oxygens (including phenoxy) is 1. The summed E-state index contributed by atoms with van der Waals surface area (Å²) in [5.74, 6) is 0.618. The van der Waals surface area contributed by atoms with E-state index < -0.39 is 0 Å². The van der Waals surface area contributed by atoms with Crippen LogP contribution in [0.4, 0.5) is 0 Å². The molecule has 0 saturated heterocycles. The molecular formula is C18H18BrN3O2. The zero-order chi connectivity index (χ0) is 16.9. The molecule has 0 spiro atoms. The second-order valence-corrected chi connectivity index (χ2v) is 6.24. The molecule has 3 aromatic rings. The number of para-hydroxylation sites is 2. The van der Waals surface area contributed by atoms with Crippen molar-refractivity contribution in [1.82, 2.24) is 14.9 Å². The molecule has 1 aromatic heterocycles. The lowest BCUT2D eigenvalue weighted by Gasteiger charge is -2.08. The molecule has 0 radical (unpaired) electrons. The van der Waals surface area contributed by atoms with Gasteiger partial charge < -0.3 is 14.6 Å². The second kappa shape index (κ2) is 7.49. The quantitative estimate of drug-likeness (QED) is 0.657. The molecule has 124 valence electrons. The van der Waals surface area contributed by atoms with E-state index in [1.807, 2.05) is 24.5 Å². The molecule has 5 nitrogen and oxygen atoms in total. The summed E-state index contributed by atoms with van der Waals surface area (Å²) in [5, 5.41) is 2.94. The van der Waals surface area contributed by atoms with Crippen LogP contribution in [0.25, 0.3) is 11.0 Å². The van der Waals surface area contributed by atoms with Gasteiger partial charge in [0.1, 0.15) is 5.75 Å². The summed E-state index contributed by atoms with van der Waals surface area (Å²) in [7, 11) is 1.60. The van der Waals surface area contributed by atoms with Crippen molar-refractivity contribution in [3.05, 3.63) is 58.8 Å². The van der Waals surface area contributed by atoms with Crippen molar-refractivity contribution in [1.29, 1.82) is 0 Å². The van der Waals surface area contributed by atoms with E-state index in [2.05, 4.69) is 36.9 Å². The highest BCUT2D eigenvalue weighted by Gasteiger charge is 2.08. The first-order valence-corrected chi connectivity index (χ1v) is 8.50. The number of aryl methyl sites for hydroxylation is 1. The third-order valence-electron chi connectivity index (χ3n) is 3.80. The van der Waals surface area contributed by atoms with Crippen molar-refractivity contribution in [3.63, 3.8) is 0 Å². The fourth-order valence-corrected chi connectivity index (χ4v) is 3.09. The van der Waals surface area contributed by atoms with E-state index in [1.54, 1.807) is 25.3 Å². The van der Waals surface area contributed by atoms with Crippen molar-refractivity contribution in [2.45, 2.75) is 13.0 Å². The van der Waals surface area contributed by atoms with Crippen LogP contribution in [0.15, 0.2) is 53.3 Å². The maximum absolute atomic E-state index is 12.2. The van der Waals surface area contributed by atoms with Crippen molar-refractivity contribution in [2.75, 3.05) is 13.7 Å². The number of benzene rings is 2. The van der Waals surface area contributed by atoms with Gasteiger partial charge in [-0.1, -0.05) is 12.1 Å². The topological polar surface area (TPSA) is 56.1 Å². The number of rotatable bonds is 6. The van der Waals surface area contributed by atoms with Gasteiger partial charge in [0.2, 0.25) is 0 Å². The van der Waals surface area contributed by atoms with E-state index in [9.17, 15) is 4.79 Å². The van der Waals surface area contributed by atoms with Gasteiger partial charge in [-0.15, -0.1) is 0 Å². The third kappa shape index (κ3) is 3.59. The Labute approximate surface area is 148 Å². The van der Waals surface area contributed by atoms with Crippen LogP contribution in [0.2, 0.25) is 0 Å². The molecule has 3 rings (SSSR count). The highest BCUT2D eigenvalue weighted by atomic mass is 79.9. The number of halogens is 1. The smallest absolute Gasteiger partial charge is 0.251 e. The minimum atomic E-state index is -0.0890. The Kier molecular flexibility index (Phi) is 5.15.